The molecule has 0 atom stereocenters. The third-order valence-corrected chi connectivity index (χ3v) is 4.38. The van der Waals surface area contributed by atoms with Crippen molar-refractivity contribution in [2.75, 3.05) is 18.5 Å². The van der Waals surface area contributed by atoms with Crippen LogP contribution in [0.25, 0.3) is 0 Å². The summed E-state index contributed by atoms with van der Waals surface area (Å²) in [5, 5.41) is 21.2. The summed E-state index contributed by atoms with van der Waals surface area (Å²) in [5.41, 5.74) is 0.825. The third kappa shape index (κ3) is 4.18. The van der Waals surface area contributed by atoms with Gasteiger partial charge in [0.15, 0.2) is 0 Å². The Morgan fingerprint density at radius 2 is 1.95 bits per heavy atom. The van der Waals surface area contributed by atoms with Crippen LogP contribution in [0.5, 0.6) is 0 Å². The van der Waals surface area contributed by atoms with Gasteiger partial charge in [0.05, 0.1) is 5.56 Å². The summed E-state index contributed by atoms with van der Waals surface area (Å²) in [7, 11) is 0. The van der Waals surface area contributed by atoms with Gasteiger partial charge >= 0.3 is 12.0 Å². The summed E-state index contributed by atoms with van der Waals surface area (Å²) >= 11 is 1.26. The number of urea groups is 1. The number of nitrogens with zero attached hydrogens (tertiary/aromatic N) is 1. The number of rotatable bonds is 6. The van der Waals surface area contributed by atoms with Crippen LogP contribution in [0.3, 0.4) is 0 Å². The number of nitrogens with one attached hydrogen (secondary N) is 1. The molecule has 6 nitrogen and oxygen atoms in total. The van der Waals surface area contributed by atoms with E-state index in [9.17, 15) is 14.7 Å². The lowest BCUT2D eigenvalue weighted by Gasteiger charge is -2.26. The molecule has 0 spiro atoms. The average Bonchev–Trinajstić information content (AvgIpc) is 2.64. The Labute approximate surface area is 128 Å². The molecule has 0 unspecified atom stereocenters. The molecule has 0 aromatic carbocycles. The predicted octanol–water partition coefficient (Wildman–Crippen LogP) is 2.69. The zero-order valence-electron chi connectivity index (χ0n) is 12.8. The lowest BCUT2D eigenvalue weighted by atomic mass is 10.1. The first-order valence-electron chi connectivity index (χ1n) is 6.81. The van der Waals surface area contributed by atoms with Crippen LogP contribution in [0, 0.1) is 13.8 Å². The van der Waals surface area contributed by atoms with Gasteiger partial charge in [-0.2, -0.15) is 0 Å². The number of aryl methyl sites for hydroxylation is 1. The summed E-state index contributed by atoms with van der Waals surface area (Å²) < 4.78 is 0. The molecule has 0 saturated heterocycles. The fourth-order valence-electron chi connectivity index (χ4n) is 1.98. The van der Waals surface area contributed by atoms with Crippen molar-refractivity contribution in [3.63, 3.8) is 0 Å². The quantitative estimate of drug-likeness (QED) is 0.753. The molecule has 0 fully saturated rings. The number of carbonyl (C=O) groups excluding carboxylic acids is 1. The van der Waals surface area contributed by atoms with E-state index in [-0.39, 0.29) is 24.2 Å². The maximum Gasteiger partial charge on any atom is 0.338 e. The van der Waals surface area contributed by atoms with Crippen molar-refractivity contribution < 1.29 is 19.8 Å². The maximum atomic E-state index is 12.3. The van der Waals surface area contributed by atoms with Crippen LogP contribution in [0.1, 0.15) is 41.1 Å². The van der Waals surface area contributed by atoms with Gasteiger partial charge in [0.25, 0.3) is 0 Å². The van der Waals surface area contributed by atoms with Crippen molar-refractivity contribution in [2.24, 2.45) is 0 Å². The molecule has 1 aromatic heterocycles. The number of thiophene rings is 1. The van der Waals surface area contributed by atoms with Crippen molar-refractivity contribution in [1.29, 1.82) is 0 Å². The fourth-order valence-corrected chi connectivity index (χ4v) is 3.02. The maximum absolute atomic E-state index is 12.3. The molecule has 1 aromatic rings. The molecule has 1 heterocycles. The Hall–Kier alpha value is -1.60. The Bertz CT molecular complexity index is 525. The highest BCUT2D eigenvalue weighted by Gasteiger charge is 2.23. The number of hydrogen-bond donors (Lipinski definition) is 3. The van der Waals surface area contributed by atoms with Gasteiger partial charge in [0.2, 0.25) is 0 Å². The lowest BCUT2D eigenvalue weighted by Crippen LogP contribution is -2.41. The largest absolute Gasteiger partial charge is 0.478 e. The highest BCUT2D eigenvalue weighted by atomic mass is 32.1. The molecule has 0 saturated carbocycles. The number of aliphatic hydroxyl groups is 1. The van der Waals surface area contributed by atoms with Gasteiger partial charge in [-0.3, -0.25) is 5.32 Å². The second-order valence-corrected chi connectivity index (χ2v) is 6.31. The van der Waals surface area contributed by atoms with E-state index in [1.807, 2.05) is 20.8 Å². The minimum Gasteiger partial charge on any atom is -0.478 e. The number of aromatic carboxylic acids is 1. The van der Waals surface area contributed by atoms with E-state index < -0.39 is 5.97 Å². The van der Waals surface area contributed by atoms with E-state index in [1.165, 1.54) is 11.3 Å². The average molecular weight is 314 g/mol. The van der Waals surface area contributed by atoms with Crippen LogP contribution >= 0.6 is 11.3 Å². The van der Waals surface area contributed by atoms with Gasteiger partial charge in [0, 0.05) is 24.1 Å². The normalized spacial score (nSPS) is 10.8. The molecule has 0 aliphatic heterocycles. The topological polar surface area (TPSA) is 89.9 Å². The van der Waals surface area contributed by atoms with Crippen molar-refractivity contribution in [3.8, 4) is 0 Å². The first-order chi connectivity index (χ1) is 9.79. The number of anilines is 1. The monoisotopic (exact) mass is 314 g/mol. The van der Waals surface area contributed by atoms with E-state index in [0.29, 0.717) is 23.5 Å². The molecule has 7 heteroatoms. The molecule has 118 valence electrons. The van der Waals surface area contributed by atoms with Crippen molar-refractivity contribution >= 4 is 28.3 Å². The van der Waals surface area contributed by atoms with E-state index in [2.05, 4.69) is 5.32 Å². The standard InChI is InChI=1S/C14H22N2O4S/c1-8(2)16(6-5-7-17)14(20)15-12-11(13(18)19)9(3)10(4)21-12/h8,17H,5-7H2,1-4H3,(H,15,20)(H,18,19). The Morgan fingerprint density at radius 3 is 2.43 bits per heavy atom. The minimum atomic E-state index is -1.04. The first-order valence-corrected chi connectivity index (χ1v) is 7.63. The number of carboxylic acids is 1. The van der Waals surface area contributed by atoms with Crippen LogP contribution in [0.2, 0.25) is 0 Å². The number of amides is 2. The van der Waals surface area contributed by atoms with Crippen molar-refractivity contribution in [2.45, 2.75) is 40.2 Å². The van der Waals surface area contributed by atoms with Gasteiger partial charge in [0.1, 0.15) is 5.00 Å². The number of aliphatic hydroxyl groups excluding tert-OH is 1. The van der Waals surface area contributed by atoms with Gasteiger partial charge < -0.3 is 15.1 Å². The molecule has 0 radical (unpaired) electrons. The summed E-state index contributed by atoms with van der Waals surface area (Å²) in [6.07, 6.45) is 0.486. The minimum absolute atomic E-state index is 0.00803. The number of hydrogen-bond acceptors (Lipinski definition) is 4. The zero-order chi connectivity index (χ0) is 16.2. The smallest absolute Gasteiger partial charge is 0.338 e. The number of carbonyl (C=O) groups is 2. The number of carboxylic acid groups (broad SMARTS) is 1. The highest BCUT2D eigenvalue weighted by molar-refractivity contribution is 7.16. The van der Waals surface area contributed by atoms with E-state index >= 15 is 0 Å². The van der Waals surface area contributed by atoms with E-state index in [1.54, 1.807) is 11.8 Å². The van der Waals surface area contributed by atoms with Crippen LogP contribution in [0.15, 0.2) is 0 Å². The summed E-state index contributed by atoms with van der Waals surface area (Å²) in [4.78, 5) is 26.1. The fraction of sp³-hybridized carbons (Fsp3) is 0.571. The van der Waals surface area contributed by atoms with Crippen LogP contribution in [-0.4, -0.2) is 46.3 Å². The van der Waals surface area contributed by atoms with Crippen LogP contribution in [-0.2, 0) is 0 Å². The summed E-state index contributed by atoms with van der Waals surface area (Å²) in [6, 6.07) is -0.380. The van der Waals surface area contributed by atoms with Gasteiger partial charge in [-0.1, -0.05) is 0 Å². The summed E-state index contributed by atoms with van der Waals surface area (Å²) in [5.74, 6) is -1.04. The second-order valence-electron chi connectivity index (χ2n) is 5.09. The molecular weight excluding hydrogens is 292 g/mol. The first kappa shape index (κ1) is 17.5. The SMILES string of the molecule is Cc1sc(NC(=O)N(CCCO)C(C)C)c(C(=O)O)c1C. The lowest BCUT2D eigenvalue weighted by molar-refractivity contribution is 0.0697. The van der Waals surface area contributed by atoms with Gasteiger partial charge in [-0.15, -0.1) is 11.3 Å². The van der Waals surface area contributed by atoms with Crippen LogP contribution < -0.4 is 5.32 Å². The molecule has 3 N–H and O–H groups in total. The summed E-state index contributed by atoms with van der Waals surface area (Å²) in [6.45, 7) is 7.74. The molecule has 2 amide bonds. The molecular formula is C14H22N2O4S. The van der Waals surface area contributed by atoms with E-state index in [0.717, 1.165) is 4.88 Å². The molecule has 0 bridgehead atoms. The molecule has 0 aliphatic rings. The molecule has 0 aliphatic carbocycles. The second kappa shape index (κ2) is 7.42. The van der Waals surface area contributed by atoms with Crippen LogP contribution in [0.4, 0.5) is 9.80 Å². The van der Waals surface area contributed by atoms with Crippen molar-refractivity contribution in [1.82, 2.24) is 4.90 Å². The molecule has 21 heavy (non-hydrogen) atoms. The Morgan fingerprint density at radius 1 is 1.33 bits per heavy atom. The zero-order valence-corrected chi connectivity index (χ0v) is 13.6. The predicted molar refractivity (Wildman–Crippen MR) is 83.3 cm³/mol. The van der Waals surface area contributed by atoms with Crippen molar-refractivity contribution in [3.05, 3.63) is 16.0 Å². The Kier molecular flexibility index (Phi) is 6.17. The third-order valence-electron chi connectivity index (χ3n) is 3.26. The molecule has 1 rings (SSSR count). The highest BCUT2D eigenvalue weighted by Crippen LogP contribution is 2.32. The van der Waals surface area contributed by atoms with Gasteiger partial charge in [-0.05, 0) is 39.7 Å². The Balaban J connectivity index is 2.96. The van der Waals surface area contributed by atoms with E-state index in [4.69, 9.17) is 5.11 Å². The van der Waals surface area contributed by atoms with Gasteiger partial charge in [-0.25, -0.2) is 9.59 Å².